The summed E-state index contributed by atoms with van der Waals surface area (Å²) in [5.41, 5.74) is 3.46. The Morgan fingerprint density at radius 3 is 2.67 bits per heavy atom. The van der Waals surface area contributed by atoms with E-state index in [1.165, 1.54) is 5.56 Å². The fourth-order valence-electron chi connectivity index (χ4n) is 2.39. The molecule has 0 aliphatic rings. The van der Waals surface area contributed by atoms with Crippen LogP contribution in [0.1, 0.15) is 11.1 Å². The zero-order valence-electron chi connectivity index (χ0n) is 12.7. The number of nitrogens with one attached hydrogen (secondary N) is 1. The van der Waals surface area contributed by atoms with Crippen LogP contribution in [0, 0.1) is 0 Å². The van der Waals surface area contributed by atoms with Crippen molar-refractivity contribution < 1.29 is 4.74 Å². The van der Waals surface area contributed by atoms with Gasteiger partial charge in [0.15, 0.2) is 0 Å². The molecule has 0 amide bonds. The van der Waals surface area contributed by atoms with Gasteiger partial charge in [-0.1, -0.05) is 29.8 Å². The minimum Gasteiger partial charge on any atom is -0.497 e. The van der Waals surface area contributed by atoms with Gasteiger partial charge < -0.3 is 15.0 Å². The van der Waals surface area contributed by atoms with E-state index in [9.17, 15) is 0 Å². The van der Waals surface area contributed by atoms with Crippen molar-refractivity contribution >= 4 is 17.3 Å². The summed E-state index contributed by atoms with van der Waals surface area (Å²) in [6, 6.07) is 14.1. The minimum absolute atomic E-state index is 0.747. The van der Waals surface area contributed by atoms with Crippen molar-refractivity contribution in [3.05, 3.63) is 58.6 Å². The van der Waals surface area contributed by atoms with Gasteiger partial charge in [-0.25, -0.2) is 0 Å². The van der Waals surface area contributed by atoms with Crippen LogP contribution in [0.2, 0.25) is 5.02 Å². The van der Waals surface area contributed by atoms with Crippen molar-refractivity contribution in [2.75, 3.05) is 26.1 Å². The van der Waals surface area contributed by atoms with Gasteiger partial charge in [0.2, 0.25) is 0 Å². The summed E-state index contributed by atoms with van der Waals surface area (Å²) in [4.78, 5) is 2.20. The first-order chi connectivity index (χ1) is 10.2. The molecule has 0 saturated heterocycles. The Balaban J connectivity index is 2.23. The molecule has 3 nitrogen and oxygen atoms in total. The molecule has 0 radical (unpaired) electrons. The van der Waals surface area contributed by atoms with Crippen molar-refractivity contribution in [1.29, 1.82) is 0 Å². The number of benzene rings is 2. The first-order valence-corrected chi connectivity index (χ1v) is 7.29. The Morgan fingerprint density at radius 2 is 1.95 bits per heavy atom. The molecule has 0 heterocycles. The first kappa shape index (κ1) is 15.7. The molecule has 0 spiro atoms. The average Bonchev–Trinajstić information content (AvgIpc) is 2.49. The SMILES string of the molecule is CNCc1c(Cl)cccc1N(C)Cc1cccc(OC)c1. The van der Waals surface area contributed by atoms with Gasteiger partial charge in [-0.3, -0.25) is 0 Å². The summed E-state index contributed by atoms with van der Waals surface area (Å²) < 4.78 is 5.27. The minimum atomic E-state index is 0.747. The lowest BCUT2D eigenvalue weighted by molar-refractivity contribution is 0.414. The maximum absolute atomic E-state index is 6.32. The van der Waals surface area contributed by atoms with Crippen molar-refractivity contribution in [2.24, 2.45) is 0 Å². The second-order valence-electron chi connectivity index (χ2n) is 4.98. The second-order valence-corrected chi connectivity index (χ2v) is 5.38. The summed E-state index contributed by atoms with van der Waals surface area (Å²) >= 11 is 6.32. The lowest BCUT2D eigenvalue weighted by Crippen LogP contribution is -2.20. The monoisotopic (exact) mass is 304 g/mol. The maximum atomic E-state index is 6.32. The number of anilines is 1. The quantitative estimate of drug-likeness (QED) is 0.880. The van der Waals surface area contributed by atoms with E-state index in [1.54, 1.807) is 7.11 Å². The number of rotatable bonds is 6. The van der Waals surface area contributed by atoms with Gasteiger partial charge in [0.1, 0.15) is 5.75 Å². The summed E-state index contributed by atoms with van der Waals surface area (Å²) in [5.74, 6) is 0.877. The van der Waals surface area contributed by atoms with E-state index in [2.05, 4.69) is 35.5 Å². The zero-order valence-corrected chi connectivity index (χ0v) is 13.4. The van der Waals surface area contributed by atoms with Crippen LogP contribution in [0.3, 0.4) is 0 Å². The van der Waals surface area contributed by atoms with Gasteiger partial charge in [0.25, 0.3) is 0 Å². The normalized spacial score (nSPS) is 10.5. The largest absolute Gasteiger partial charge is 0.497 e. The number of nitrogens with zero attached hydrogens (tertiary/aromatic N) is 1. The number of ether oxygens (including phenoxy) is 1. The molecule has 112 valence electrons. The molecule has 0 fully saturated rings. The summed E-state index contributed by atoms with van der Waals surface area (Å²) in [6.07, 6.45) is 0. The fourth-order valence-corrected chi connectivity index (χ4v) is 2.62. The van der Waals surface area contributed by atoms with Crippen LogP contribution in [0.15, 0.2) is 42.5 Å². The molecule has 1 N–H and O–H groups in total. The second kappa shape index (κ2) is 7.34. The number of hydrogen-bond donors (Lipinski definition) is 1. The Hall–Kier alpha value is -1.71. The van der Waals surface area contributed by atoms with E-state index >= 15 is 0 Å². The lowest BCUT2D eigenvalue weighted by atomic mass is 10.1. The summed E-state index contributed by atoms with van der Waals surface area (Å²) in [7, 11) is 5.68. The Morgan fingerprint density at radius 1 is 1.19 bits per heavy atom. The van der Waals surface area contributed by atoms with Gasteiger partial charge >= 0.3 is 0 Å². The Bertz CT molecular complexity index is 601. The predicted octanol–water partition coefficient (Wildman–Crippen LogP) is 3.70. The topological polar surface area (TPSA) is 24.5 Å². The number of hydrogen-bond acceptors (Lipinski definition) is 3. The van der Waals surface area contributed by atoms with Crippen LogP contribution in [0.25, 0.3) is 0 Å². The van der Waals surface area contributed by atoms with E-state index < -0.39 is 0 Å². The smallest absolute Gasteiger partial charge is 0.119 e. The molecule has 2 aromatic rings. The summed E-state index contributed by atoms with van der Waals surface area (Å²) in [5, 5.41) is 3.96. The first-order valence-electron chi connectivity index (χ1n) is 6.91. The van der Waals surface area contributed by atoms with Crippen molar-refractivity contribution in [1.82, 2.24) is 5.32 Å². The van der Waals surface area contributed by atoms with Crippen LogP contribution in [-0.2, 0) is 13.1 Å². The molecule has 21 heavy (non-hydrogen) atoms. The molecule has 0 aliphatic carbocycles. The predicted molar refractivity (Wildman–Crippen MR) is 89.3 cm³/mol. The third kappa shape index (κ3) is 3.90. The van der Waals surface area contributed by atoms with Crippen molar-refractivity contribution in [3.8, 4) is 5.75 Å². The van der Waals surface area contributed by atoms with Gasteiger partial charge in [0.05, 0.1) is 7.11 Å². The Labute approximate surface area is 131 Å². The highest BCUT2D eigenvalue weighted by atomic mass is 35.5. The molecular formula is C17H21ClN2O. The third-order valence-corrected chi connectivity index (χ3v) is 3.77. The molecule has 2 aromatic carbocycles. The highest BCUT2D eigenvalue weighted by molar-refractivity contribution is 6.31. The van der Waals surface area contributed by atoms with Crippen LogP contribution in [0.4, 0.5) is 5.69 Å². The molecule has 0 unspecified atom stereocenters. The fraction of sp³-hybridized carbons (Fsp3) is 0.294. The van der Waals surface area contributed by atoms with E-state index in [-0.39, 0.29) is 0 Å². The van der Waals surface area contributed by atoms with Gasteiger partial charge in [-0.15, -0.1) is 0 Å². The Kier molecular flexibility index (Phi) is 5.48. The van der Waals surface area contributed by atoms with E-state index in [1.807, 2.05) is 31.3 Å². The highest BCUT2D eigenvalue weighted by Crippen LogP contribution is 2.28. The van der Waals surface area contributed by atoms with Gasteiger partial charge in [-0.05, 0) is 36.9 Å². The molecular weight excluding hydrogens is 284 g/mol. The number of halogens is 1. The summed E-state index contributed by atoms with van der Waals surface area (Å²) in [6.45, 7) is 1.55. The number of methoxy groups -OCH3 is 1. The van der Waals surface area contributed by atoms with Crippen LogP contribution < -0.4 is 15.0 Å². The van der Waals surface area contributed by atoms with Crippen LogP contribution in [-0.4, -0.2) is 21.2 Å². The molecule has 0 aliphatic heterocycles. The lowest BCUT2D eigenvalue weighted by Gasteiger charge is -2.23. The zero-order chi connectivity index (χ0) is 15.2. The molecule has 0 saturated carbocycles. The van der Waals surface area contributed by atoms with E-state index in [4.69, 9.17) is 16.3 Å². The third-order valence-electron chi connectivity index (χ3n) is 3.41. The standard InChI is InChI=1S/C17H21ClN2O/c1-19-11-15-16(18)8-5-9-17(15)20(2)12-13-6-4-7-14(10-13)21-3/h4-10,19H,11-12H2,1-3H3. The maximum Gasteiger partial charge on any atom is 0.119 e. The average molecular weight is 305 g/mol. The molecule has 0 bridgehead atoms. The molecule has 2 rings (SSSR count). The highest BCUT2D eigenvalue weighted by Gasteiger charge is 2.11. The van der Waals surface area contributed by atoms with Crippen molar-refractivity contribution in [3.63, 3.8) is 0 Å². The molecule has 4 heteroatoms. The van der Waals surface area contributed by atoms with Crippen molar-refractivity contribution in [2.45, 2.75) is 13.1 Å². The van der Waals surface area contributed by atoms with Crippen LogP contribution in [0.5, 0.6) is 5.75 Å². The van der Waals surface area contributed by atoms with E-state index in [0.29, 0.717) is 0 Å². The molecule has 0 atom stereocenters. The van der Waals surface area contributed by atoms with Crippen LogP contribution >= 0.6 is 11.6 Å². The van der Waals surface area contributed by atoms with Gasteiger partial charge in [-0.2, -0.15) is 0 Å². The molecule has 0 aromatic heterocycles. The van der Waals surface area contributed by atoms with E-state index in [0.717, 1.165) is 35.1 Å². The van der Waals surface area contributed by atoms with Gasteiger partial charge in [0, 0.05) is 36.4 Å².